The molecule has 3 N–H and O–H groups in total. The van der Waals surface area contributed by atoms with Crippen molar-refractivity contribution in [3.8, 4) is 0 Å². The number of sulfonamides is 1. The summed E-state index contributed by atoms with van der Waals surface area (Å²) in [6.07, 6.45) is 0.661. The van der Waals surface area contributed by atoms with Crippen LogP contribution in [0.5, 0.6) is 0 Å². The highest BCUT2D eigenvalue weighted by molar-refractivity contribution is 7.89. The van der Waals surface area contributed by atoms with Gasteiger partial charge in [0.1, 0.15) is 9.23 Å². The molecule has 15 heavy (non-hydrogen) atoms. The summed E-state index contributed by atoms with van der Waals surface area (Å²) >= 11 is 12.4. The van der Waals surface area contributed by atoms with Gasteiger partial charge in [0.2, 0.25) is 10.0 Å². The van der Waals surface area contributed by atoms with Crippen LogP contribution in [-0.2, 0) is 10.0 Å². The van der Waals surface area contributed by atoms with Crippen LogP contribution >= 0.6 is 34.5 Å². The van der Waals surface area contributed by atoms with Crippen molar-refractivity contribution in [2.45, 2.75) is 23.4 Å². The second-order valence-electron chi connectivity index (χ2n) is 3.32. The maximum Gasteiger partial charge on any atom is 0.243 e. The first-order valence-electron chi connectivity index (χ1n) is 4.13. The summed E-state index contributed by atoms with van der Waals surface area (Å²) in [6.45, 7) is 0. The predicted octanol–water partition coefficient (Wildman–Crippen LogP) is 1.43. The van der Waals surface area contributed by atoms with Gasteiger partial charge in [0, 0.05) is 12.1 Å². The number of thiophene rings is 1. The summed E-state index contributed by atoms with van der Waals surface area (Å²) in [5.74, 6) is 0. The Morgan fingerprint density at radius 1 is 1.53 bits per heavy atom. The van der Waals surface area contributed by atoms with Gasteiger partial charge in [0.25, 0.3) is 0 Å². The van der Waals surface area contributed by atoms with Gasteiger partial charge in [0.15, 0.2) is 0 Å². The topological polar surface area (TPSA) is 72.2 Å². The summed E-state index contributed by atoms with van der Waals surface area (Å²) in [5.41, 5.74) is 5.51. The van der Waals surface area contributed by atoms with Gasteiger partial charge >= 0.3 is 0 Å². The fraction of sp³-hybridized carbons (Fsp3) is 0.429. The molecule has 0 radical (unpaired) electrons. The van der Waals surface area contributed by atoms with Crippen LogP contribution < -0.4 is 10.5 Å². The highest BCUT2D eigenvalue weighted by Gasteiger charge is 2.38. The van der Waals surface area contributed by atoms with Crippen molar-refractivity contribution in [3.05, 3.63) is 14.7 Å². The minimum Gasteiger partial charge on any atom is -0.326 e. The lowest BCUT2D eigenvalue weighted by Gasteiger charge is -2.03. The van der Waals surface area contributed by atoms with Gasteiger partial charge < -0.3 is 5.73 Å². The normalized spacial score (nSPS) is 25.5. The van der Waals surface area contributed by atoms with Crippen LogP contribution in [0.2, 0.25) is 8.67 Å². The molecule has 4 nitrogen and oxygen atoms in total. The predicted molar refractivity (Wildman–Crippen MR) is 61.0 cm³/mol. The maximum atomic E-state index is 11.8. The molecule has 84 valence electrons. The molecule has 0 saturated heterocycles. The number of rotatable bonds is 3. The van der Waals surface area contributed by atoms with E-state index in [2.05, 4.69) is 4.72 Å². The van der Waals surface area contributed by atoms with Gasteiger partial charge in [0.05, 0.1) is 4.34 Å². The second kappa shape index (κ2) is 3.87. The fourth-order valence-corrected chi connectivity index (χ4v) is 4.57. The molecule has 2 rings (SSSR count). The molecule has 0 spiro atoms. The molecule has 0 amide bonds. The zero-order valence-electron chi connectivity index (χ0n) is 7.41. The van der Waals surface area contributed by atoms with Crippen LogP contribution in [0, 0.1) is 0 Å². The molecule has 1 aromatic rings. The Morgan fingerprint density at radius 2 is 2.13 bits per heavy atom. The van der Waals surface area contributed by atoms with E-state index in [-0.39, 0.29) is 21.3 Å². The van der Waals surface area contributed by atoms with Crippen LogP contribution in [0.3, 0.4) is 0 Å². The van der Waals surface area contributed by atoms with E-state index in [1.54, 1.807) is 0 Å². The zero-order valence-corrected chi connectivity index (χ0v) is 10.6. The number of hydrogen-bond donors (Lipinski definition) is 2. The number of halogens is 2. The van der Waals surface area contributed by atoms with E-state index >= 15 is 0 Å². The van der Waals surface area contributed by atoms with Gasteiger partial charge in [-0.05, 0) is 12.5 Å². The van der Waals surface area contributed by atoms with E-state index in [1.807, 2.05) is 0 Å². The average molecular weight is 287 g/mol. The molecule has 0 aliphatic heterocycles. The molecule has 1 aromatic heterocycles. The van der Waals surface area contributed by atoms with Gasteiger partial charge in [-0.1, -0.05) is 23.2 Å². The van der Waals surface area contributed by atoms with Crippen LogP contribution in [0.1, 0.15) is 6.42 Å². The number of hydrogen-bond acceptors (Lipinski definition) is 4. The van der Waals surface area contributed by atoms with Crippen molar-refractivity contribution in [1.82, 2.24) is 4.72 Å². The molecule has 0 aromatic carbocycles. The van der Waals surface area contributed by atoms with Gasteiger partial charge in [-0.3, -0.25) is 0 Å². The average Bonchev–Trinajstić information content (AvgIpc) is 2.62. The Kier molecular flexibility index (Phi) is 3.00. The molecule has 2 unspecified atom stereocenters. The molecular weight excluding hydrogens is 279 g/mol. The lowest BCUT2D eigenvalue weighted by Crippen LogP contribution is -2.29. The fourth-order valence-electron chi connectivity index (χ4n) is 1.12. The molecule has 1 saturated carbocycles. The van der Waals surface area contributed by atoms with E-state index in [4.69, 9.17) is 28.9 Å². The Hall–Kier alpha value is 0.150. The Labute approximate surface area is 101 Å². The van der Waals surface area contributed by atoms with Gasteiger partial charge in [-0.25, -0.2) is 13.1 Å². The first-order chi connectivity index (χ1) is 6.90. The first kappa shape index (κ1) is 11.6. The highest BCUT2D eigenvalue weighted by Crippen LogP contribution is 2.35. The van der Waals surface area contributed by atoms with Crippen molar-refractivity contribution in [3.63, 3.8) is 0 Å². The minimum absolute atomic E-state index is 0.0262. The summed E-state index contributed by atoms with van der Waals surface area (Å²) in [6, 6.07) is 1.07. The molecule has 1 aliphatic rings. The van der Waals surface area contributed by atoms with Crippen molar-refractivity contribution in [2.24, 2.45) is 5.73 Å². The third-order valence-corrected chi connectivity index (χ3v) is 5.30. The van der Waals surface area contributed by atoms with E-state index in [1.165, 1.54) is 6.07 Å². The third-order valence-electron chi connectivity index (χ3n) is 2.06. The van der Waals surface area contributed by atoms with E-state index < -0.39 is 10.0 Å². The number of nitrogens with one attached hydrogen (secondary N) is 1. The van der Waals surface area contributed by atoms with E-state index in [9.17, 15) is 8.42 Å². The molecule has 0 bridgehead atoms. The summed E-state index contributed by atoms with van der Waals surface area (Å²) in [5, 5.41) is 0. The molecule has 1 fully saturated rings. The Morgan fingerprint density at radius 3 is 2.53 bits per heavy atom. The Bertz CT molecular complexity index is 485. The van der Waals surface area contributed by atoms with Gasteiger partial charge in [-0.2, -0.15) is 0 Å². The van der Waals surface area contributed by atoms with Crippen LogP contribution in [0.25, 0.3) is 0 Å². The van der Waals surface area contributed by atoms with Gasteiger partial charge in [-0.15, -0.1) is 11.3 Å². The molecule has 1 aliphatic carbocycles. The van der Waals surface area contributed by atoms with Crippen LogP contribution in [0.15, 0.2) is 11.0 Å². The van der Waals surface area contributed by atoms with E-state index in [0.717, 1.165) is 11.3 Å². The maximum absolute atomic E-state index is 11.8. The van der Waals surface area contributed by atoms with Crippen LogP contribution in [0.4, 0.5) is 0 Å². The summed E-state index contributed by atoms with van der Waals surface area (Å²) < 4.78 is 26.5. The summed E-state index contributed by atoms with van der Waals surface area (Å²) in [4.78, 5) is 0.0262. The molecular formula is C7H8Cl2N2O2S2. The minimum atomic E-state index is -3.58. The second-order valence-corrected chi connectivity index (χ2v) is 7.28. The standard InChI is InChI=1S/C7H8Cl2N2O2S2/c8-6-2-5(7(9)14-6)15(12,13)11-4-1-3(4)10/h2-4,11H,1,10H2. The number of nitrogens with two attached hydrogens (primary N) is 1. The quantitative estimate of drug-likeness (QED) is 0.883. The van der Waals surface area contributed by atoms with Crippen molar-refractivity contribution in [1.29, 1.82) is 0 Å². The largest absolute Gasteiger partial charge is 0.326 e. The highest BCUT2D eigenvalue weighted by atomic mass is 35.5. The summed E-state index contributed by atoms with van der Waals surface area (Å²) in [7, 11) is -3.58. The van der Waals surface area contributed by atoms with Crippen molar-refractivity contribution in [2.75, 3.05) is 0 Å². The Balaban J connectivity index is 2.25. The molecule has 2 atom stereocenters. The third kappa shape index (κ3) is 2.46. The van der Waals surface area contributed by atoms with E-state index in [0.29, 0.717) is 10.8 Å². The first-order valence-corrected chi connectivity index (χ1v) is 7.18. The SMILES string of the molecule is NC1CC1NS(=O)(=O)c1cc(Cl)sc1Cl. The zero-order chi connectivity index (χ0) is 11.2. The van der Waals surface area contributed by atoms with Crippen LogP contribution in [-0.4, -0.2) is 20.5 Å². The lowest BCUT2D eigenvalue weighted by atomic mass is 10.7. The lowest BCUT2D eigenvalue weighted by molar-refractivity contribution is 0.580. The van der Waals surface area contributed by atoms with Crippen molar-refractivity contribution >= 4 is 44.6 Å². The monoisotopic (exact) mass is 286 g/mol. The van der Waals surface area contributed by atoms with Crippen molar-refractivity contribution < 1.29 is 8.42 Å². The molecule has 1 heterocycles. The molecule has 8 heteroatoms. The smallest absolute Gasteiger partial charge is 0.243 e.